The van der Waals surface area contributed by atoms with Crippen LogP contribution in [-0.4, -0.2) is 35.4 Å². The van der Waals surface area contributed by atoms with Gasteiger partial charge in [-0.05, 0) is 18.7 Å². The third kappa shape index (κ3) is 2.84. The van der Waals surface area contributed by atoms with Crippen LogP contribution in [0.4, 0.5) is 0 Å². The Bertz CT molecular complexity index is 498. The number of hydrogen-bond donors (Lipinski definition) is 1. The number of hydrogen-bond acceptors (Lipinski definition) is 6. The van der Waals surface area contributed by atoms with Crippen LogP contribution in [0.15, 0.2) is 22.7 Å². The van der Waals surface area contributed by atoms with Crippen LogP contribution in [0.2, 0.25) is 0 Å². The number of nitrogens with one attached hydrogen (secondary N) is 1. The van der Waals surface area contributed by atoms with Crippen LogP contribution < -0.4 is 10.1 Å². The first-order valence-corrected chi connectivity index (χ1v) is 5.87. The van der Waals surface area contributed by atoms with Crippen molar-refractivity contribution in [2.45, 2.75) is 13.3 Å². The summed E-state index contributed by atoms with van der Waals surface area (Å²) in [6.45, 7) is 3.81. The molecule has 0 spiro atoms. The number of aromatic nitrogens is 3. The lowest BCUT2D eigenvalue weighted by Gasteiger charge is -2.01. The van der Waals surface area contributed by atoms with Crippen molar-refractivity contribution in [1.29, 1.82) is 0 Å². The SMILES string of the molecule is CCNCCc1nnc(-c2cccnc2OC)o1. The minimum atomic E-state index is 0.437. The van der Waals surface area contributed by atoms with Crippen molar-refractivity contribution in [3.05, 3.63) is 24.2 Å². The molecule has 2 aromatic rings. The molecule has 1 N–H and O–H groups in total. The number of likely N-dealkylation sites (N-methyl/N-ethyl adjacent to an activating group) is 1. The Kier molecular flexibility index (Phi) is 4.25. The molecule has 0 aromatic carbocycles. The number of methoxy groups -OCH3 is 1. The highest BCUT2D eigenvalue weighted by Crippen LogP contribution is 2.25. The number of ether oxygens (including phenoxy) is 1. The topological polar surface area (TPSA) is 73.1 Å². The van der Waals surface area contributed by atoms with Gasteiger partial charge in [0.15, 0.2) is 0 Å². The predicted octanol–water partition coefficient (Wildman–Crippen LogP) is 1.29. The molecule has 0 aliphatic carbocycles. The van der Waals surface area contributed by atoms with E-state index in [9.17, 15) is 0 Å². The molecule has 96 valence electrons. The van der Waals surface area contributed by atoms with E-state index < -0.39 is 0 Å². The highest BCUT2D eigenvalue weighted by Gasteiger charge is 2.13. The molecular formula is C12H16N4O2. The zero-order valence-electron chi connectivity index (χ0n) is 10.5. The molecule has 6 nitrogen and oxygen atoms in total. The maximum atomic E-state index is 5.58. The molecule has 18 heavy (non-hydrogen) atoms. The lowest BCUT2D eigenvalue weighted by Crippen LogP contribution is -2.16. The van der Waals surface area contributed by atoms with Crippen LogP contribution in [-0.2, 0) is 6.42 Å². The highest BCUT2D eigenvalue weighted by molar-refractivity contribution is 5.59. The lowest BCUT2D eigenvalue weighted by molar-refractivity contribution is 0.397. The fraction of sp³-hybridized carbons (Fsp3) is 0.417. The van der Waals surface area contributed by atoms with Crippen LogP contribution in [0.5, 0.6) is 5.88 Å². The maximum absolute atomic E-state index is 5.58. The molecule has 0 bridgehead atoms. The van der Waals surface area contributed by atoms with E-state index in [2.05, 4.69) is 27.4 Å². The smallest absolute Gasteiger partial charge is 0.253 e. The summed E-state index contributed by atoms with van der Waals surface area (Å²) in [6, 6.07) is 3.65. The summed E-state index contributed by atoms with van der Waals surface area (Å²) < 4.78 is 10.7. The van der Waals surface area contributed by atoms with Crippen molar-refractivity contribution < 1.29 is 9.15 Å². The molecule has 0 unspecified atom stereocenters. The second kappa shape index (κ2) is 6.11. The third-order valence-electron chi connectivity index (χ3n) is 2.43. The van der Waals surface area contributed by atoms with Gasteiger partial charge < -0.3 is 14.5 Å². The quantitative estimate of drug-likeness (QED) is 0.777. The van der Waals surface area contributed by atoms with Gasteiger partial charge in [0, 0.05) is 19.2 Å². The zero-order valence-corrected chi connectivity index (χ0v) is 10.5. The predicted molar refractivity (Wildman–Crippen MR) is 66.3 cm³/mol. The molecule has 0 fully saturated rings. The second-order valence-electron chi connectivity index (χ2n) is 3.66. The Labute approximate surface area is 105 Å². The first-order valence-electron chi connectivity index (χ1n) is 5.87. The van der Waals surface area contributed by atoms with Crippen molar-refractivity contribution >= 4 is 0 Å². The van der Waals surface area contributed by atoms with Crippen LogP contribution in [0.1, 0.15) is 12.8 Å². The van der Waals surface area contributed by atoms with Gasteiger partial charge in [0.25, 0.3) is 5.89 Å². The number of nitrogens with zero attached hydrogens (tertiary/aromatic N) is 3. The Morgan fingerprint density at radius 2 is 2.28 bits per heavy atom. The summed E-state index contributed by atoms with van der Waals surface area (Å²) in [7, 11) is 1.56. The van der Waals surface area contributed by atoms with Crippen molar-refractivity contribution in [2.24, 2.45) is 0 Å². The molecule has 0 atom stereocenters. The average molecular weight is 248 g/mol. The summed E-state index contributed by atoms with van der Waals surface area (Å²) in [4.78, 5) is 4.10. The van der Waals surface area contributed by atoms with E-state index in [4.69, 9.17) is 9.15 Å². The Morgan fingerprint density at radius 1 is 1.39 bits per heavy atom. The van der Waals surface area contributed by atoms with E-state index >= 15 is 0 Å². The normalized spacial score (nSPS) is 10.6. The molecule has 2 heterocycles. The van der Waals surface area contributed by atoms with E-state index in [1.807, 2.05) is 6.07 Å². The van der Waals surface area contributed by atoms with E-state index in [0.29, 0.717) is 29.6 Å². The molecule has 0 aliphatic rings. The molecule has 0 radical (unpaired) electrons. The van der Waals surface area contributed by atoms with Gasteiger partial charge in [0.2, 0.25) is 11.8 Å². The van der Waals surface area contributed by atoms with Crippen molar-refractivity contribution in [3.63, 3.8) is 0 Å². The van der Waals surface area contributed by atoms with Gasteiger partial charge in [-0.25, -0.2) is 4.98 Å². The van der Waals surface area contributed by atoms with Gasteiger partial charge >= 0.3 is 0 Å². The van der Waals surface area contributed by atoms with Gasteiger partial charge in [-0.15, -0.1) is 10.2 Å². The Balaban J connectivity index is 2.13. The first kappa shape index (κ1) is 12.5. The van der Waals surface area contributed by atoms with E-state index in [-0.39, 0.29) is 0 Å². The standard InChI is InChI=1S/C12H16N4O2/c1-3-13-8-6-10-15-16-12(18-10)9-5-4-7-14-11(9)17-2/h4-5,7,13H,3,6,8H2,1-2H3. The fourth-order valence-corrected chi connectivity index (χ4v) is 1.55. The van der Waals surface area contributed by atoms with Gasteiger partial charge in [-0.1, -0.05) is 6.92 Å². The van der Waals surface area contributed by atoms with Crippen molar-refractivity contribution in [2.75, 3.05) is 20.2 Å². The van der Waals surface area contributed by atoms with E-state index in [1.165, 1.54) is 0 Å². The summed E-state index contributed by atoms with van der Waals surface area (Å²) in [5, 5.41) is 11.2. The number of pyridine rings is 1. The minimum absolute atomic E-state index is 0.437. The Morgan fingerprint density at radius 3 is 3.06 bits per heavy atom. The lowest BCUT2D eigenvalue weighted by atomic mass is 10.3. The largest absolute Gasteiger partial charge is 0.480 e. The summed E-state index contributed by atoms with van der Waals surface area (Å²) in [5.74, 6) is 1.53. The zero-order chi connectivity index (χ0) is 12.8. The maximum Gasteiger partial charge on any atom is 0.253 e. The van der Waals surface area contributed by atoms with E-state index in [1.54, 1.807) is 19.4 Å². The van der Waals surface area contributed by atoms with Gasteiger partial charge in [0.1, 0.15) is 5.56 Å². The van der Waals surface area contributed by atoms with Crippen LogP contribution >= 0.6 is 0 Å². The number of rotatable bonds is 6. The summed E-state index contributed by atoms with van der Waals surface area (Å²) in [6.07, 6.45) is 2.37. The minimum Gasteiger partial charge on any atom is -0.480 e. The second-order valence-corrected chi connectivity index (χ2v) is 3.66. The van der Waals surface area contributed by atoms with Gasteiger partial charge in [-0.2, -0.15) is 0 Å². The molecule has 6 heteroatoms. The molecule has 0 aliphatic heterocycles. The molecule has 0 saturated heterocycles. The fourth-order valence-electron chi connectivity index (χ4n) is 1.55. The monoisotopic (exact) mass is 248 g/mol. The van der Waals surface area contributed by atoms with Crippen LogP contribution in [0.25, 0.3) is 11.5 Å². The highest BCUT2D eigenvalue weighted by atomic mass is 16.5. The van der Waals surface area contributed by atoms with Crippen molar-refractivity contribution in [3.8, 4) is 17.3 Å². The first-order chi connectivity index (χ1) is 8.85. The van der Waals surface area contributed by atoms with Crippen LogP contribution in [0.3, 0.4) is 0 Å². The summed E-state index contributed by atoms with van der Waals surface area (Å²) in [5.41, 5.74) is 0.710. The molecular weight excluding hydrogens is 232 g/mol. The van der Waals surface area contributed by atoms with Gasteiger partial charge in [-0.3, -0.25) is 0 Å². The van der Waals surface area contributed by atoms with E-state index in [0.717, 1.165) is 13.1 Å². The molecule has 2 rings (SSSR count). The van der Waals surface area contributed by atoms with Crippen LogP contribution in [0, 0.1) is 0 Å². The average Bonchev–Trinajstić information content (AvgIpc) is 2.88. The van der Waals surface area contributed by atoms with Crippen molar-refractivity contribution in [1.82, 2.24) is 20.5 Å². The Hall–Kier alpha value is -1.95. The molecule has 0 amide bonds. The molecule has 2 aromatic heterocycles. The van der Waals surface area contributed by atoms with Gasteiger partial charge in [0.05, 0.1) is 7.11 Å². The third-order valence-corrected chi connectivity index (χ3v) is 2.43. The molecule has 0 saturated carbocycles. The summed E-state index contributed by atoms with van der Waals surface area (Å²) >= 11 is 0.